The van der Waals surface area contributed by atoms with E-state index in [1.54, 1.807) is 0 Å². The van der Waals surface area contributed by atoms with E-state index in [0.29, 0.717) is 10.8 Å². The van der Waals surface area contributed by atoms with Gasteiger partial charge >= 0.3 is 0 Å². The Hall–Kier alpha value is -1.76. The molecule has 0 radical (unpaired) electrons. The van der Waals surface area contributed by atoms with Crippen molar-refractivity contribution in [3.63, 3.8) is 0 Å². The molecule has 0 bridgehead atoms. The van der Waals surface area contributed by atoms with Gasteiger partial charge in [0, 0.05) is 0 Å². The van der Waals surface area contributed by atoms with Gasteiger partial charge in [-0.1, -0.05) is 79.7 Å². The van der Waals surface area contributed by atoms with Gasteiger partial charge in [0.15, 0.2) is 0 Å². The van der Waals surface area contributed by atoms with Crippen LogP contribution in [0.2, 0.25) is 0 Å². The van der Waals surface area contributed by atoms with E-state index in [1.807, 2.05) is 0 Å². The Morgan fingerprint density at radius 1 is 0.636 bits per heavy atom. The maximum absolute atomic E-state index is 6.50. The molecule has 0 fully saturated rings. The summed E-state index contributed by atoms with van der Waals surface area (Å²) in [7, 11) is 0. The fraction of sp³-hybridized carbons (Fsp3) is 0.625. The van der Waals surface area contributed by atoms with Gasteiger partial charge in [0.1, 0.15) is 11.5 Å². The van der Waals surface area contributed by atoms with E-state index in [2.05, 4.69) is 106 Å². The Morgan fingerprint density at radius 3 is 1.33 bits per heavy atom. The van der Waals surface area contributed by atoms with Crippen LogP contribution in [0, 0.1) is 36.5 Å². The largest absolute Gasteiger partial charge is 0.457 e. The average Bonchev–Trinajstić information content (AvgIpc) is 2.66. The van der Waals surface area contributed by atoms with E-state index in [4.69, 9.17) is 4.74 Å². The van der Waals surface area contributed by atoms with Gasteiger partial charge in [-0.05, 0) is 109 Å². The lowest BCUT2D eigenvalue weighted by atomic mass is 9.83. The van der Waals surface area contributed by atoms with Crippen LogP contribution in [0.5, 0.6) is 11.5 Å². The zero-order valence-electron chi connectivity index (χ0n) is 23.3. The van der Waals surface area contributed by atoms with Gasteiger partial charge < -0.3 is 4.74 Å². The molecule has 0 N–H and O–H groups in total. The Kier molecular flexibility index (Phi) is 9.65. The molecule has 0 spiro atoms. The molecule has 0 aliphatic carbocycles. The number of hydrogen-bond acceptors (Lipinski definition) is 1. The molecule has 0 saturated heterocycles. The molecule has 2 rings (SSSR count). The molecule has 2 unspecified atom stereocenters. The van der Waals surface area contributed by atoms with E-state index < -0.39 is 0 Å². The minimum Gasteiger partial charge on any atom is -0.457 e. The van der Waals surface area contributed by atoms with Crippen molar-refractivity contribution in [1.82, 2.24) is 0 Å². The minimum absolute atomic E-state index is 0.395. The zero-order chi connectivity index (χ0) is 24.8. The molecule has 1 heteroatoms. The maximum atomic E-state index is 6.50. The lowest BCUT2D eigenvalue weighted by molar-refractivity contribution is 0.296. The van der Waals surface area contributed by atoms with Gasteiger partial charge in [0.05, 0.1) is 0 Å². The summed E-state index contributed by atoms with van der Waals surface area (Å²) in [6.45, 7) is 23.2. The predicted octanol–water partition coefficient (Wildman–Crippen LogP) is 10.1. The SMILES string of the molecule is Cc1c(CCC(C)CC(C)(C)C)cccc1Oc1cccc(CCC(C)CC(C)(C)C)c1C. The van der Waals surface area contributed by atoms with Gasteiger partial charge in [0.2, 0.25) is 0 Å². The predicted molar refractivity (Wildman–Crippen MR) is 146 cm³/mol. The van der Waals surface area contributed by atoms with Crippen LogP contribution in [0.1, 0.15) is 103 Å². The highest BCUT2D eigenvalue weighted by Crippen LogP contribution is 2.34. The molecule has 0 saturated carbocycles. The Labute approximate surface area is 205 Å². The van der Waals surface area contributed by atoms with Crippen molar-refractivity contribution in [3.8, 4) is 11.5 Å². The molecule has 33 heavy (non-hydrogen) atoms. The standard InChI is InChI=1S/C32H50O/c1-23(21-31(5,6)7)17-19-27-13-11-15-29(25(27)3)33-30-16-12-14-28(26(30)4)20-18-24(2)22-32(8,9)10/h11-16,23-24H,17-22H2,1-10H3. The summed E-state index contributed by atoms with van der Waals surface area (Å²) < 4.78 is 6.50. The van der Waals surface area contributed by atoms with E-state index in [0.717, 1.165) is 36.2 Å². The van der Waals surface area contributed by atoms with Gasteiger partial charge in [-0.2, -0.15) is 0 Å². The van der Waals surface area contributed by atoms with Crippen molar-refractivity contribution in [2.45, 2.75) is 108 Å². The highest BCUT2D eigenvalue weighted by atomic mass is 16.5. The van der Waals surface area contributed by atoms with Crippen molar-refractivity contribution in [2.75, 3.05) is 0 Å². The third-order valence-corrected chi connectivity index (χ3v) is 6.75. The molecule has 0 heterocycles. The number of aryl methyl sites for hydroxylation is 2. The van der Waals surface area contributed by atoms with Crippen LogP contribution in [-0.4, -0.2) is 0 Å². The number of hydrogen-bond donors (Lipinski definition) is 0. The molecule has 0 amide bonds. The molecular weight excluding hydrogens is 400 g/mol. The molecule has 184 valence electrons. The maximum Gasteiger partial charge on any atom is 0.130 e. The zero-order valence-corrected chi connectivity index (χ0v) is 23.3. The van der Waals surface area contributed by atoms with Crippen molar-refractivity contribution < 1.29 is 4.74 Å². The van der Waals surface area contributed by atoms with E-state index in [1.165, 1.54) is 47.9 Å². The molecule has 0 aliphatic rings. The summed E-state index contributed by atoms with van der Waals surface area (Å²) in [4.78, 5) is 0. The van der Waals surface area contributed by atoms with Crippen molar-refractivity contribution in [3.05, 3.63) is 58.7 Å². The minimum atomic E-state index is 0.395. The summed E-state index contributed by atoms with van der Waals surface area (Å²) in [6.07, 6.45) is 7.22. The fourth-order valence-electron chi connectivity index (χ4n) is 5.30. The lowest BCUT2D eigenvalue weighted by Crippen LogP contribution is -2.12. The van der Waals surface area contributed by atoms with Crippen LogP contribution in [0.4, 0.5) is 0 Å². The quantitative estimate of drug-likeness (QED) is 0.350. The van der Waals surface area contributed by atoms with Crippen LogP contribution in [0.25, 0.3) is 0 Å². The highest BCUT2D eigenvalue weighted by Gasteiger charge is 2.17. The third-order valence-electron chi connectivity index (χ3n) is 6.75. The number of benzene rings is 2. The van der Waals surface area contributed by atoms with Crippen molar-refractivity contribution in [2.24, 2.45) is 22.7 Å². The summed E-state index contributed by atoms with van der Waals surface area (Å²) in [5, 5.41) is 0. The van der Waals surface area contributed by atoms with Gasteiger partial charge in [0.25, 0.3) is 0 Å². The van der Waals surface area contributed by atoms with Crippen LogP contribution >= 0.6 is 0 Å². The molecule has 2 atom stereocenters. The summed E-state index contributed by atoms with van der Waals surface area (Å²) >= 11 is 0. The van der Waals surface area contributed by atoms with E-state index in [-0.39, 0.29) is 0 Å². The van der Waals surface area contributed by atoms with Crippen molar-refractivity contribution in [1.29, 1.82) is 0 Å². The topological polar surface area (TPSA) is 9.23 Å². The smallest absolute Gasteiger partial charge is 0.130 e. The highest BCUT2D eigenvalue weighted by molar-refractivity contribution is 5.46. The monoisotopic (exact) mass is 450 g/mol. The second kappa shape index (κ2) is 11.6. The van der Waals surface area contributed by atoms with Gasteiger partial charge in [-0.25, -0.2) is 0 Å². The van der Waals surface area contributed by atoms with Gasteiger partial charge in [-0.15, -0.1) is 0 Å². The van der Waals surface area contributed by atoms with Crippen LogP contribution < -0.4 is 4.74 Å². The molecule has 2 aromatic rings. The molecule has 0 aliphatic heterocycles. The molecule has 0 aromatic heterocycles. The Morgan fingerprint density at radius 2 is 1.00 bits per heavy atom. The second-order valence-electron chi connectivity index (χ2n) is 13.0. The fourth-order valence-corrected chi connectivity index (χ4v) is 5.30. The first-order valence-electron chi connectivity index (χ1n) is 13.1. The number of rotatable bonds is 10. The first kappa shape index (κ1) is 27.5. The van der Waals surface area contributed by atoms with Crippen molar-refractivity contribution >= 4 is 0 Å². The normalized spacial score (nSPS) is 14.2. The summed E-state index contributed by atoms with van der Waals surface area (Å²) in [5.41, 5.74) is 6.18. The molecule has 1 nitrogen and oxygen atoms in total. The lowest BCUT2D eigenvalue weighted by Gasteiger charge is -2.24. The summed E-state index contributed by atoms with van der Waals surface area (Å²) in [5.74, 6) is 3.46. The van der Waals surface area contributed by atoms with E-state index in [9.17, 15) is 0 Å². The van der Waals surface area contributed by atoms with Crippen LogP contribution in [0.3, 0.4) is 0 Å². The number of ether oxygens (including phenoxy) is 1. The Balaban J connectivity index is 2.07. The third kappa shape index (κ3) is 9.55. The van der Waals surface area contributed by atoms with Crippen LogP contribution in [0.15, 0.2) is 36.4 Å². The second-order valence-corrected chi connectivity index (χ2v) is 13.0. The molecular formula is C32H50O. The summed E-state index contributed by atoms with van der Waals surface area (Å²) in [6, 6.07) is 13.1. The first-order chi connectivity index (χ1) is 15.2. The van der Waals surface area contributed by atoms with Gasteiger partial charge in [-0.3, -0.25) is 0 Å². The van der Waals surface area contributed by atoms with Crippen LogP contribution in [-0.2, 0) is 12.8 Å². The van der Waals surface area contributed by atoms with E-state index >= 15 is 0 Å². The first-order valence-corrected chi connectivity index (χ1v) is 13.1. The Bertz CT molecular complexity index is 805. The average molecular weight is 451 g/mol. The molecule has 2 aromatic carbocycles.